The van der Waals surface area contributed by atoms with Crippen LogP contribution in [-0.4, -0.2) is 96.1 Å². The Morgan fingerprint density at radius 1 is 1.23 bits per heavy atom. The van der Waals surface area contributed by atoms with Crippen LogP contribution >= 0.6 is 0 Å². The predicted molar refractivity (Wildman–Crippen MR) is 135 cm³/mol. The number of nitrogens with two attached hydrogens (primary N) is 1. The van der Waals surface area contributed by atoms with Gasteiger partial charge in [-0.05, 0) is 57.5 Å². The second-order valence-electron chi connectivity index (χ2n) is 10.2. The number of ether oxygens (including phenoxy) is 1. The zero-order valence-electron chi connectivity index (χ0n) is 21.8. The van der Waals surface area contributed by atoms with Gasteiger partial charge in [0.05, 0.1) is 30.1 Å². The van der Waals surface area contributed by atoms with Crippen LogP contribution in [0.3, 0.4) is 0 Å². The van der Waals surface area contributed by atoms with E-state index in [2.05, 4.69) is 10.3 Å². The van der Waals surface area contributed by atoms with E-state index in [4.69, 9.17) is 10.5 Å². The molecular formula is C26H27N5O9. The Morgan fingerprint density at radius 2 is 1.93 bits per heavy atom. The van der Waals surface area contributed by atoms with Crippen LogP contribution in [0.4, 0.5) is 0 Å². The van der Waals surface area contributed by atoms with Gasteiger partial charge in [0.15, 0.2) is 17.1 Å². The van der Waals surface area contributed by atoms with Gasteiger partial charge in [0, 0.05) is 11.5 Å². The fourth-order valence-corrected chi connectivity index (χ4v) is 6.13. The van der Waals surface area contributed by atoms with Crippen molar-refractivity contribution in [3.05, 3.63) is 57.8 Å². The minimum Gasteiger partial charge on any atom is -0.510 e. The summed E-state index contributed by atoms with van der Waals surface area (Å²) in [5, 5.41) is 52.3. The zero-order valence-corrected chi connectivity index (χ0v) is 21.8. The maximum absolute atomic E-state index is 13.8. The number of benzene rings is 1. The third-order valence-electron chi connectivity index (χ3n) is 7.81. The monoisotopic (exact) mass is 553 g/mol. The van der Waals surface area contributed by atoms with Gasteiger partial charge in [-0.15, -0.1) is 5.10 Å². The molecule has 1 aromatic carbocycles. The van der Waals surface area contributed by atoms with Crippen LogP contribution in [-0.2, 0) is 20.7 Å². The molecule has 1 amide bonds. The third kappa shape index (κ3) is 3.63. The van der Waals surface area contributed by atoms with Gasteiger partial charge in [0.25, 0.3) is 5.91 Å². The van der Waals surface area contributed by atoms with Crippen molar-refractivity contribution in [2.24, 2.45) is 17.6 Å². The van der Waals surface area contributed by atoms with Crippen molar-refractivity contribution in [3.63, 3.8) is 0 Å². The molecule has 2 aromatic rings. The van der Waals surface area contributed by atoms with E-state index < -0.39 is 69.8 Å². The number of esters is 1. The minimum absolute atomic E-state index is 0.0485. The lowest BCUT2D eigenvalue weighted by molar-refractivity contribution is -0.148. The Labute approximate surface area is 226 Å². The first-order valence-electron chi connectivity index (χ1n) is 12.4. The van der Waals surface area contributed by atoms with Crippen LogP contribution in [0.15, 0.2) is 41.0 Å². The van der Waals surface area contributed by atoms with Crippen LogP contribution in [0.1, 0.15) is 39.8 Å². The van der Waals surface area contributed by atoms with E-state index in [0.29, 0.717) is 11.3 Å². The summed E-state index contributed by atoms with van der Waals surface area (Å²) in [6, 6.07) is 1.62. The van der Waals surface area contributed by atoms with Crippen LogP contribution in [0, 0.1) is 11.8 Å². The summed E-state index contributed by atoms with van der Waals surface area (Å²) < 4.78 is 6.20. The summed E-state index contributed by atoms with van der Waals surface area (Å²) in [4.78, 5) is 52.8. The molecule has 0 unspecified atom stereocenters. The van der Waals surface area contributed by atoms with Gasteiger partial charge in [-0.3, -0.25) is 19.3 Å². The molecule has 0 spiro atoms. The van der Waals surface area contributed by atoms with Crippen LogP contribution < -0.4 is 5.73 Å². The number of allylic oxidation sites excluding steroid dienone is 1. The lowest BCUT2D eigenvalue weighted by Gasteiger charge is -2.50. The Hall–Kier alpha value is -4.56. The number of fused-ring (bicyclic) bond motifs is 3. The van der Waals surface area contributed by atoms with E-state index in [0.717, 1.165) is 0 Å². The largest absolute Gasteiger partial charge is 0.510 e. The highest BCUT2D eigenvalue weighted by Gasteiger charge is 2.63. The van der Waals surface area contributed by atoms with Gasteiger partial charge >= 0.3 is 5.97 Å². The number of carbonyl (C=O) groups is 4. The summed E-state index contributed by atoms with van der Waals surface area (Å²) >= 11 is 0. The lowest BCUT2D eigenvalue weighted by Crippen LogP contribution is -2.63. The molecule has 3 aliphatic carbocycles. The number of phenolic OH excluding ortho intramolecular Hbond substituents is 1. The number of phenols is 1. The summed E-state index contributed by atoms with van der Waals surface area (Å²) in [6.07, 6.45) is 1.30. The van der Waals surface area contributed by atoms with Gasteiger partial charge in [-0.1, -0.05) is 5.21 Å². The van der Waals surface area contributed by atoms with Crippen molar-refractivity contribution >= 4 is 23.4 Å². The smallest absolute Gasteiger partial charge is 0.360 e. The lowest BCUT2D eigenvalue weighted by atomic mass is 9.58. The molecule has 0 radical (unpaired) electrons. The maximum Gasteiger partial charge on any atom is 0.360 e. The number of ketones is 2. The number of likely N-dealkylation sites (N-methyl/N-ethyl adjacent to an activating group) is 1. The normalized spacial score (nSPS) is 26.0. The molecule has 14 heteroatoms. The zero-order chi connectivity index (χ0) is 29.3. The second-order valence-corrected chi connectivity index (χ2v) is 10.2. The van der Waals surface area contributed by atoms with Crippen LogP contribution in [0.5, 0.6) is 5.75 Å². The molecule has 1 heterocycles. The summed E-state index contributed by atoms with van der Waals surface area (Å²) in [7, 11) is 3.10. The quantitative estimate of drug-likeness (QED) is 0.242. The van der Waals surface area contributed by atoms with Crippen LogP contribution in [0.2, 0.25) is 0 Å². The fraction of sp³-hybridized carbons (Fsp3) is 0.385. The molecule has 0 saturated heterocycles. The SMILES string of the molecule is CCOC(=O)c1cn(-c2ccc(O)c3c2C[C@@H]2C[C@@H]4[C@H](N(C)C)C(O)=C(C(N)=O)C(=O)[C@]4(O)C(O)=C2C3=O)nn1. The average Bonchev–Trinajstić information content (AvgIpc) is 3.36. The Bertz CT molecular complexity index is 1560. The molecule has 0 saturated carbocycles. The molecule has 40 heavy (non-hydrogen) atoms. The highest BCUT2D eigenvalue weighted by Crippen LogP contribution is 2.52. The number of nitrogens with zero attached hydrogens (tertiary/aromatic N) is 4. The van der Waals surface area contributed by atoms with Crippen LogP contribution in [0.25, 0.3) is 5.69 Å². The predicted octanol–water partition coefficient (Wildman–Crippen LogP) is -0.122. The number of aliphatic hydroxyl groups excluding tert-OH is 2. The Kier molecular flexibility index (Phi) is 6.27. The number of aliphatic hydroxyl groups is 3. The topological polar surface area (TPSA) is 218 Å². The summed E-state index contributed by atoms with van der Waals surface area (Å²) in [5.41, 5.74) is 1.86. The molecule has 6 N–H and O–H groups in total. The Balaban J connectivity index is 1.67. The summed E-state index contributed by atoms with van der Waals surface area (Å²) in [6.45, 7) is 1.77. The number of hydrogen-bond donors (Lipinski definition) is 5. The van der Waals surface area contributed by atoms with Gasteiger partial charge in [0.1, 0.15) is 22.8 Å². The highest BCUT2D eigenvalue weighted by molar-refractivity contribution is 6.24. The maximum atomic E-state index is 13.8. The van der Waals surface area contributed by atoms with E-state index in [1.54, 1.807) is 21.0 Å². The molecule has 0 bridgehead atoms. The summed E-state index contributed by atoms with van der Waals surface area (Å²) in [5.74, 6) is -8.08. The molecule has 4 atom stereocenters. The molecular weight excluding hydrogens is 526 g/mol. The number of primary amides is 1. The fourth-order valence-electron chi connectivity index (χ4n) is 6.13. The van der Waals surface area contributed by atoms with E-state index in [1.807, 2.05) is 0 Å². The van der Waals surface area contributed by atoms with Crippen molar-refractivity contribution in [1.29, 1.82) is 0 Å². The number of rotatable bonds is 5. The number of aromatic nitrogens is 3. The number of aromatic hydroxyl groups is 1. The molecule has 0 aliphatic heterocycles. The van der Waals surface area contributed by atoms with E-state index in [1.165, 1.54) is 27.9 Å². The third-order valence-corrected chi connectivity index (χ3v) is 7.81. The molecule has 0 fully saturated rings. The number of Topliss-reactive ketones (excluding diaryl/α,β-unsaturated/α-hetero) is 2. The highest BCUT2D eigenvalue weighted by atomic mass is 16.5. The minimum atomic E-state index is -2.72. The van der Waals surface area contributed by atoms with Crippen molar-refractivity contribution < 1.29 is 44.3 Å². The molecule has 5 rings (SSSR count). The second kappa shape index (κ2) is 9.27. The first-order valence-corrected chi connectivity index (χ1v) is 12.4. The molecule has 3 aliphatic rings. The first-order chi connectivity index (χ1) is 18.8. The van der Waals surface area contributed by atoms with E-state index in [-0.39, 0.29) is 36.3 Å². The van der Waals surface area contributed by atoms with E-state index in [9.17, 15) is 39.6 Å². The Morgan fingerprint density at radius 3 is 2.55 bits per heavy atom. The number of hydrogen-bond acceptors (Lipinski definition) is 12. The van der Waals surface area contributed by atoms with Crippen molar-refractivity contribution in [3.8, 4) is 11.4 Å². The van der Waals surface area contributed by atoms with Gasteiger partial charge in [0.2, 0.25) is 5.78 Å². The van der Waals surface area contributed by atoms with Gasteiger partial charge in [-0.25, -0.2) is 9.48 Å². The van der Waals surface area contributed by atoms with Gasteiger partial charge < -0.3 is 30.9 Å². The number of amides is 1. The number of carbonyl (C=O) groups excluding carboxylic acids is 4. The molecule has 210 valence electrons. The van der Waals surface area contributed by atoms with E-state index >= 15 is 0 Å². The standard InChI is InChI=1S/C26H27N5O9/c1-4-40-25(38)13-9-31(29-28-13)14-5-6-15(32)17-11(14)7-10-8-12-19(30(2)3)21(34)18(24(27)37)23(36)26(12,39)22(35)16(10)20(17)33/h5-6,9-10,12,19,32,34-35,39H,4,7-8H2,1-3H3,(H2,27,37)/t10-,12-,19+,26-/m1/s1. The average molecular weight is 554 g/mol. The van der Waals surface area contributed by atoms with Crippen molar-refractivity contribution in [2.45, 2.75) is 31.4 Å². The molecule has 1 aromatic heterocycles. The first kappa shape index (κ1) is 27.0. The molecule has 14 nitrogen and oxygen atoms in total. The van der Waals surface area contributed by atoms with Crippen molar-refractivity contribution in [1.82, 2.24) is 19.9 Å². The van der Waals surface area contributed by atoms with Crippen molar-refractivity contribution in [2.75, 3.05) is 20.7 Å². The van der Waals surface area contributed by atoms with Gasteiger partial charge in [-0.2, -0.15) is 0 Å².